The Hall–Kier alpha value is -1.65. The van der Waals surface area contributed by atoms with Gasteiger partial charge in [0.15, 0.2) is 0 Å². The fourth-order valence-electron chi connectivity index (χ4n) is 2.43. The largest absolute Gasteiger partial charge is 0.416 e. The molecule has 0 bridgehead atoms. The number of hydrogen-bond donors (Lipinski definition) is 1. The van der Waals surface area contributed by atoms with Crippen LogP contribution in [-0.2, 0) is 6.18 Å². The second kappa shape index (κ2) is 6.41. The van der Waals surface area contributed by atoms with E-state index in [2.05, 4.69) is 5.32 Å². The Balaban J connectivity index is 2.33. The van der Waals surface area contributed by atoms with Crippen LogP contribution < -0.4 is 5.32 Å². The molecule has 0 radical (unpaired) electrons. The number of nitrogens with one attached hydrogen (secondary N) is 1. The van der Waals surface area contributed by atoms with Crippen molar-refractivity contribution in [2.24, 2.45) is 0 Å². The van der Waals surface area contributed by atoms with Gasteiger partial charge in [-0.3, -0.25) is 4.90 Å². The molecule has 0 spiro atoms. The highest BCUT2D eigenvalue weighted by Gasteiger charge is 2.33. The van der Waals surface area contributed by atoms with Gasteiger partial charge in [-0.15, -0.1) is 0 Å². The average Bonchev–Trinajstić information content (AvgIpc) is 2.67. The minimum Gasteiger partial charge on any atom is -0.315 e. The number of nitrogens with zero attached hydrogens (tertiary/aromatic N) is 2. The summed E-state index contributed by atoms with van der Waals surface area (Å²) in [6, 6.07) is 3.42. The second-order valence-electron chi connectivity index (χ2n) is 4.94. The van der Waals surface area contributed by atoms with Gasteiger partial charge in [0.05, 0.1) is 11.6 Å². The third-order valence-corrected chi connectivity index (χ3v) is 3.43. The van der Waals surface area contributed by atoms with E-state index in [1.807, 2.05) is 6.07 Å². The summed E-state index contributed by atoms with van der Waals surface area (Å²) in [5.74, 6) is -0.979. The average molecular weight is 301 g/mol. The van der Waals surface area contributed by atoms with Crippen molar-refractivity contribution in [3.05, 3.63) is 35.1 Å². The van der Waals surface area contributed by atoms with Gasteiger partial charge in [-0.1, -0.05) is 0 Å². The molecule has 1 unspecified atom stereocenters. The van der Waals surface area contributed by atoms with Crippen LogP contribution in [0.15, 0.2) is 18.2 Å². The summed E-state index contributed by atoms with van der Waals surface area (Å²) in [7, 11) is 0. The highest BCUT2D eigenvalue weighted by Crippen LogP contribution is 2.32. The van der Waals surface area contributed by atoms with Crippen molar-refractivity contribution in [3.8, 4) is 6.07 Å². The lowest BCUT2D eigenvalue weighted by Crippen LogP contribution is -2.31. The number of alkyl halides is 3. The minimum absolute atomic E-state index is 0.0479. The van der Waals surface area contributed by atoms with E-state index >= 15 is 0 Å². The normalized spacial score (nSPS) is 18.8. The maximum absolute atomic E-state index is 13.5. The van der Waals surface area contributed by atoms with Gasteiger partial charge in [0.2, 0.25) is 0 Å². The zero-order valence-electron chi connectivity index (χ0n) is 11.3. The zero-order chi connectivity index (χ0) is 15.5. The fraction of sp³-hybridized carbons (Fsp3) is 0.500. The van der Waals surface area contributed by atoms with E-state index in [9.17, 15) is 22.8 Å². The van der Waals surface area contributed by atoms with Gasteiger partial charge in [0.1, 0.15) is 11.9 Å². The van der Waals surface area contributed by atoms with Crippen LogP contribution in [0.2, 0.25) is 0 Å². The molecule has 1 heterocycles. The first-order valence-electron chi connectivity index (χ1n) is 6.64. The maximum atomic E-state index is 13.5. The van der Waals surface area contributed by atoms with Crippen molar-refractivity contribution in [2.45, 2.75) is 18.6 Å². The van der Waals surface area contributed by atoms with Crippen molar-refractivity contribution >= 4 is 0 Å². The Bertz CT molecular complexity index is 528. The van der Waals surface area contributed by atoms with Gasteiger partial charge < -0.3 is 5.32 Å². The molecule has 1 saturated heterocycles. The number of nitriles is 1. The van der Waals surface area contributed by atoms with E-state index < -0.39 is 23.6 Å². The second-order valence-corrected chi connectivity index (χ2v) is 4.94. The van der Waals surface area contributed by atoms with Crippen LogP contribution in [0.5, 0.6) is 0 Å². The van der Waals surface area contributed by atoms with Crippen molar-refractivity contribution in [1.82, 2.24) is 10.2 Å². The van der Waals surface area contributed by atoms with Crippen LogP contribution in [0.4, 0.5) is 17.6 Å². The molecule has 1 fully saturated rings. The lowest BCUT2D eigenvalue weighted by molar-refractivity contribution is -0.137. The predicted molar refractivity (Wildman–Crippen MR) is 68.8 cm³/mol. The minimum atomic E-state index is -4.63. The van der Waals surface area contributed by atoms with Gasteiger partial charge >= 0.3 is 6.18 Å². The summed E-state index contributed by atoms with van der Waals surface area (Å²) in [6.07, 6.45) is -3.84. The van der Waals surface area contributed by atoms with Gasteiger partial charge in [0.25, 0.3) is 0 Å². The quantitative estimate of drug-likeness (QED) is 0.854. The molecule has 1 aromatic rings. The molecule has 0 aliphatic carbocycles. The Kier molecular flexibility index (Phi) is 4.80. The summed E-state index contributed by atoms with van der Waals surface area (Å²) < 4.78 is 51.7. The first-order valence-corrected chi connectivity index (χ1v) is 6.64. The Morgan fingerprint density at radius 2 is 1.95 bits per heavy atom. The Labute approximate surface area is 120 Å². The van der Waals surface area contributed by atoms with Crippen LogP contribution in [0.3, 0.4) is 0 Å². The van der Waals surface area contributed by atoms with Crippen molar-refractivity contribution in [2.75, 3.05) is 26.2 Å². The third kappa shape index (κ3) is 3.93. The molecule has 1 aliphatic rings. The van der Waals surface area contributed by atoms with Crippen LogP contribution in [0.1, 0.15) is 23.6 Å². The van der Waals surface area contributed by atoms with Gasteiger partial charge in [0, 0.05) is 19.6 Å². The fourth-order valence-corrected chi connectivity index (χ4v) is 2.43. The van der Waals surface area contributed by atoms with Crippen LogP contribution in [0.25, 0.3) is 0 Å². The molecule has 0 aromatic heterocycles. The van der Waals surface area contributed by atoms with Gasteiger partial charge in [-0.2, -0.15) is 18.4 Å². The van der Waals surface area contributed by atoms with Crippen molar-refractivity contribution in [1.29, 1.82) is 5.26 Å². The Morgan fingerprint density at radius 3 is 2.62 bits per heavy atom. The molecule has 0 saturated carbocycles. The van der Waals surface area contributed by atoms with Gasteiger partial charge in [-0.05, 0) is 36.7 Å². The maximum Gasteiger partial charge on any atom is 0.416 e. The number of halogens is 4. The highest BCUT2D eigenvalue weighted by molar-refractivity contribution is 5.32. The van der Waals surface area contributed by atoms with E-state index in [4.69, 9.17) is 0 Å². The lowest BCUT2D eigenvalue weighted by atomic mass is 10.0. The molecular formula is C14H15F4N3. The third-order valence-electron chi connectivity index (χ3n) is 3.43. The monoisotopic (exact) mass is 301 g/mol. The molecule has 21 heavy (non-hydrogen) atoms. The molecule has 3 nitrogen and oxygen atoms in total. The van der Waals surface area contributed by atoms with E-state index in [1.165, 1.54) is 0 Å². The summed E-state index contributed by atoms with van der Waals surface area (Å²) >= 11 is 0. The van der Waals surface area contributed by atoms with Crippen molar-refractivity contribution in [3.63, 3.8) is 0 Å². The molecule has 1 N–H and O–H groups in total. The van der Waals surface area contributed by atoms with Gasteiger partial charge in [-0.25, -0.2) is 4.39 Å². The first kappa shape index (κ1) is 15.7. The number of hydrogen-bond acceptors (Lipinski definition) is 3. The van der Waals surface area contributed by atoms with E-state index in [-0.39, 0.29) is 5.56 Å². The predicted octanol–water partition coefficient (Wildman–Crippen LogP) is 2.70. The number of benzene rings is 1. The standard InChI is InChI=1S/C14H15F4N3/c15-12-7-10(6-11(8-12)14(16,17)18)13(9-19)21-4-1-2-20-3-5-21/h6-8,13,20H,1-5H2. The zero-order valence-corrected chi connectivity index (χ0v) is 11.3. The SMILES string of the molecule is N#CC(c1cc(F)cc(C(F)(F)F)c1)N1CCCNCC1. The molecule has 7 heteroatoms. The molecule has 2 rings (SSSR count). The summed E-state index contributed by atoms with van der Waals surface area (Å²) in [5, 5.41) is 12.4. The smallest absolute Gasteiger partial charge is 0.315 e. The van der Waals surface area contributed by atoms with Crippen LogP contribution in [0, 0.1) is 17.1 Å². The highest BCUT2D eigenvalue weighted by atomic mass is 19.4. The first-order chi connectivity index (χ1) is 9.91. The summed E-state index contributed by atoms with van der Waals surface area (Å²) in [4.78, 5) is 1.77. The molecule has 1 atom stereocenters. The molecule has 0 amide bonds. The van der Waals surface area contributed by atoms with E-state index in [1.54, 1.807) is 4.90 Å². The van der Waals surface area contributed by atoms with Crippen LogP contribution in [-0.4, -0.2) is 31.1 Å². The topological polar surface area (TPSA) is 39.1 Å². The molecule has 1 aromatic carbocycles. The Morgan fingerprint density at radius 1 is 1.19 bits per heavy atom. The molecule has 114 valence electrons. The summed E-state index contributed by atoms with van der Waals surface area (Å²) in [5.41, 5.74) is -1.02. The molecular weight excluding hydrogens is 286 g/mol. The lowest BCUT2D eigenvalue weighted by Gasteiger charge is -2.25. The summed E-state index contributed by atoms with van der Waals surface area (Å²) in [6.45, 7) is 2.57. The van der Waals surface area contributed by atoms with E-state index in [0.29, 0.717) is 25.7 Å². The number of rotatable bonds is 2. The molecule has 1 aliphatic heterocycles. The van der Waals surface area contributed by atoms with E-state index in [0.717, 1.165) is 25.1 Å². The van der Waals surface area contributed by atoms with Crippen LogP contribution >= 0.6 is 0 Å². The van der Waals surface area contributed by atoms with Crippen molar-refractivity contribution < 1.29 is 17.6 Å².